The molecular formula is C7H14N2O2Sn. The second-order valence-corrected chi connectivity index (χ2v) is 17.6. The number of esters is 1. The molecule has 0 aromatic heterocycles. The van der Waals surface area contributed by atoms with Gasteiger partial charge in [0.05, 0.1) is 0 Å². The summed E-state index contributed by atoms with van der Waals surface area (Å²) in [4.78, 5) is 20.1. The van der Waals surface area contributed by atoms with Crippen molar-refractivity contribution < 1.29 is 14.3 Å². The van der Waals surface area contributed by atoms with Crippen LogP contribution in [0.15, 0.2) is 0 Å². The summed E-state index contributed by atoms with van der Waals surface area (Å²) in [6.07, 6.45) is 0. The molecule has 0 fully saturated rings. The zero-order valence-corrected chi connectivity index (χ0v) is 10.8. The summed E-state index contributed by atoms with van der Waals surface area (Å²) in [6, 6.07) is 0. The van der Waals surface area contributed by atoms with E-state index in [-0.39, 0.29) is 3.73 Å². The first-order valence-electron chi connectivity index (χ1n) is 3.83. The summed E-state index contributed by atoms with van der Waals surface area (Å²) in [5, 5.41) is 0. The predicted octanol–water partition coefficient (Wildman–Crippen LogP) is 1.10. The Morgan fingerprint density at radius 1 is 1.50 bits per heavy atom. The molecule has 0 spiro atoms. The van der Waals surface area contributed by atoms with Gasteiger partial charge in [-0.05, 0) is 0 Å². The van der Waals surface area contributed by atoms with Crippen molar-refractivity contribution in [3.05, 3.63) is 5.53 Å². The fourth-order valence-corrected chi connectivity index (χ4v) is 3.51. The van der Waals surface area contributed by atoms with Crippen LogP contribution in [0.5, 0.6) is 0 Å². The van der Waals surface area contributed by atoms with Gasteiger partial charge in [0.25, 0.3) is 0 Å². The van der Waals surface area contributed by atoms with Crippen LogP contribution in [0.2, 0.25) is 14.8 Å². The second kappa shape index (κ2) is 4.62. The Kier molecular flexibility index (Phi) is 4.48. The molecule has 0 atom stereocenters. The number of rotatable bonds is 3. The summed E-state index contributed by atoms with van der Waals surface area (Å²) in [5.74, 6) is -0.469. The van der Waals surface area contributed by atoms with Crippen LogP contribution in [0.1, 0.15) is 6.92 Å². The Bertz CT molecular complexity index is 226. The summed E-state index contributed by atoms with van der Waals surface area (Å²) < 4.78 is 5.00. The number of hydrogen-bond donors (Lipinski definition) is 0. The van der Waals surface area contributed by atoms with Crippen LogP contribution in [0.3, 0.4) is 0 Å². The van der Waals surface area contributed by atoms with Gasteiger partial charge in [0.2, 0.25) is 0 Å². The number of nitrogens with zero attached hydrogens (tertiary/aromatic N) is 2. The zero-order valence-electron chi connectivity index (χ0n) is 7.92. The standard InChI is InChI=1S/C4H5N2O2.3CH3.Sn/c1-2-8-4(7)3-6-5;;;;/h2H2,1H3;3*1H3;. The van der Waals surface area contributed by atoms with E-state index < -0.39 is 24.3 Å². The Labute approximate surface area is 76.4 Å². The van der Waals surface area contributed by atoms with Gasteiger partial charge in [-0.3, -0.25) is 0 Å². The third-order valence-corrected chi connectivity index (χ3v) is 6.20. The molecule has 0 bridgehead atoms. The normalized spacial score (nSPS) is 10.3. The van der Waals surface area contributed by atoms with E-state index >= 15 is 0 Å². The molecule has 0 unspecified atom stereocenters. The molecule has 0 aromatic rings. The molecule has 0 amide bonds. The number of hydrogen-bond acceptors (Lipinski definition) is 2. The van der Waals surface area contributed by atoms with Gasteiger partial charge >= 0.3 is 76.3 Å². The van der Waals surface area contributed by atoms with E-state index in [0.717, 1.165) is 0 Å². The third-order valence-electron chi connectivity index (χ3n) is 1.28. The van der Waals surface area contributed by atoms with Crippen LogP contribution in [0.25, 0.3) is 5.53 Å². The topological polar surface area (TPSA) is 62.7 Å². The van der Waals surface area contributed by atoms with Crippen LogP contribution < -0.4 is 0 Å². The van der Waals surface area contributed by atoms with Crippen molar-refractivity contribution in [1.29, 1.82) is 0 Å². The van der Waals surface area contributed by atoms with E-state index in [1.807, 2.05) is 14.8 Å². The van der Waals surface area contributed by atoms with Gasteiger partial charge in [-0.2, -0.15) is 0 Å². The maximum atomic E-state index is 11.2. The van der Waals surface area contributed by atoms with Gasteiger partial charge in [0.15, 0.2) is 0 Å². The molecule has 12 heavy (non-hydrogen) atoms. The molecule has 0 rings (SSSR count). The summed E-state index contributed by atoms with van der Waals surface area (Å²) in [6.45, 7) is 2.05. The Morgan fingerprint density at radius 3 is 2.25 bits per heavy atom. The van der Waals surface area contributed by atoms with Crippen molar-refractivity contribution in [1.82, 2.24) is 0 Å². The van der Waals surface area contributed by atoms with E-state index in [9.17, 15) is 4.79 Å². The van der Waals surface area contributed by atoms with E-state index in [1.54, 1.807) is 6.92 Å². The third kappa shape index (κ3) is 3.36. The van der Waals surface area contributed by atoms with Crippen LogP contribution in [-0.4, -0.2) is 39.5 Å². The molecule has 0 heterocycles. The summed E-state index contributed by atoms with van der Waals surface area (Å²) in [7, 11) is 0. The Hall–Kier alpha value is -0.351. The van der Waals surface area contributed by atoms with Crippen molar-refractivity contribution >= 4 is 28.1 Å². The van der Waals surface area contributed by atoms with Crippen LogP contribution in [-0.2, 0) is 9.53 Å². The molecule has 0 saturated heterocycles. The first-order chi connectivity index (χ1) is 5.43. The van der Waals surface area contributed by atoms with Crippen molar-refractivity contribution in [2.75, 3.05) is 6.61 Å². The average molecular weight is 277 g/mol. The summed E-state index contributed by atoms with van der Waals surface area (Å²) >= 11 is -2.57. The van der Waals surface area contributed by atoms with Crippen molar-refractivity contribution in [2.45, 2.75) is 21.7 Å². The van der Waals surface area contributed by atoms with E-state index in [1.165, 1.54) is 0 Å². The maximum absolute atomic E-state index is 11.2. The average Bonchev–Trinajstić information content (AvgIpc) is 1.85. The van der Waals surface area contributed by atoms with E-state index in [2.05, 4.69) is 4.79 Å². The van der Waals surface area contributed by atoms with Gasteiger partial charge in [0.1, 0.15) is 0 Å². The van der Waals surface area contributed by atoms with Gasteiger partial charge in [-0.1, -0.05) is 0 Å². The van der Waals surface area contributed by atoms with E-state index in [0.29, 0.717) is 6.61 Å². The monoisotopic (exact) mass is 278 g/mol. The van der Waals surface area contributed by atoms with Gasteiger partial charge in [-0.15, -0.1) is 0 Å². The molecule has 0 aliphatic rings. The van der Waals surface area contributed by atoms with Crippen LogP contribution in [0, 0.1) is 0 Å². The number of carbonyl (C=O) groups is 1. The molecule has 0 N–H and O–H groups in total. The van der Waals surface area contributed by atoms with Crippen molar-refractivity contribution in [3.63, 3.8) is 0 Å². The molecule has 5 heteroatoms. The molecular weight excluding hydrogens is 263 g/mol. The number of carbonyl (C=O) groups excluding carboxylic acids is 1. The van der Waals surface area contributed by atoms with Gasteiger partial charge in [0, 0.05) is 0 Å². The first-order valence-corrected chi connectivity index (χ1v) is 13.8. The fourth-order valence-electron chi connectivity index (χ4n) is 0.696. The first kappa shape index (κ1) is 11.6. The fraction of sp³-hybridized carbons (Fsp3) is 0.714. The van der Waals surface area contributed by atoms with Gasteiger partial charge in [-0.25, -0.2) is 0 Å². The minimum absolute atomic E-state index is 0.256. The Balaban J connectivity index is 4.61. The molecule has 0 aliphatic carbocycles. The van der Waals surface area contributed by atoms with Crippen LogP contribution >= 0.6 is 0 Å². The molecule has 0 aliphatic heterocycles. The number of ether oxygens (including phenoxy) is 1. The summed E-state index contributed by atoms with van der Waals surface area (Å²) in [5.41, 5.74) is 8.60. The quantitative estimate of drug-likeness (QED) is 0.255. The van der Waals surface area contributed by atoms with Gasteiger partial charge < -0.3 is 0 Å². The van der Waals surface area contributed by atoms with Crippen molar-refractivity contribution in [3.8, 4) is 0 Å². The van der Waals surface area contributed by atoms with Crippen molar-refractivity contribution in [2.24, 2.45) is 0 Å². The van der Waals surface area contributed by atoms with Crippen LogP contribution in [0.4, 0.5) is 0 Å². The molecule has 0 saturated carbocycles. The molecule has 4 nitrogen and oxygen atoms in total. The Morgan fingerprint density at radius 2 is 2.00 bits per heavy atom. The SMILES string of the molecule is CCOC(=O)[C](=[N+]=[N-])[Sn]([CH3])([CH3])[CH3]. The molecule has 0 aromatic carbocycles. The minimum atomic E-state index is -2.57. The predicted molar refractivity (Wildman–Crippen MR) is 48.6 cm³/mol. The zero-order chi connectivity index (χ0) is 9.78. The molecule has 68 valence electrons. The van der Waals surface area contributed by atoms with E-state index in [4.69, 9.17) is 10.3 Å². The molecule has 0 radical (unpaired) electrons. The second-order valence-electron chi connectivity index (χ2n) is 3.42.